The second kappa shape index (κ2) is 15.2. The average Bonchev–Trinajstić information content (AvgIpc) is 3.30. The van der Waals surface area contributed by atoms with E-state index in [2.05, 4.69) is 67.6 Å². The molecule has 0 unspecified atom stereocenters. The highest BCUT2D eigenvalue weighted by Crippen LogP contribution is 2.39. The van der Waals surface area contributed by atoms with Crippen LogP contribution in [0.15, 0.2) is 89.5 Å². The number of hydrogen-bond acceptors (Lipinski definition) is 7. The Morgan fingerprint density at radius 1 is 1.07 bits per heavy atom. The minimum absolute atomic E-state index is 0.0393. The van der Waals surface area contributed by atoms with Gasteiger partial charge in [0.1, 0.15) is 5.25 Å². The van der Waals surface area contributed by atoms with Gasteiger partial charge in [-0.1, -0.05) is 100 Å². The van der Waals surface area contributed by atoms with Gasteiger partial charge in [-0.15, -0.1) is 0 Å². The molecule has 1 aliphatic rings. The number of aromatic hydroxyl groups is 1. The Kier molecular flexibility index (Phi) is 12.0. The summed E-state index contributed by atoms with van der Waals surface area (Å²) in [5.74, 6) is 0.211. The number of phenols is 1. The van der Waals surface area contributed by atoms with Crippen molar-refractivity contribution >= 4 is 57.2 Å². The highest BCUT2D eigenvalue weighted by molar-refractivity contribution is 14.1. The third kappa shape index (κ3) is 7.63. The summed E-state index contributed by atoms with van der Waals surface area (Å²) in [5.41, 5.74) is 2.80. The first-order valence-electron chi connectivity index (χ1n) is 15.5. The summed E-state index contributed by atoms with van der Waals surface area (Å²) < 4.78 is 39.7. The van der Waals surface area contributed by atoms with E-state index in [9.17, 15) is 23.7 Å². The fourth-order valence-electron chi connectivity index (χ4n) is 6.49. The summed E-state index contributed by atoms with van der Waals surface area (Å²) in [7, 11) is -5.19. The number of hydrogen-bond donors (Lipinski definition) is 3. The van der Waals surface area contributed by atoms with E-state index in [-0.39, 0.29) is 29.6 Å². The molecule has 0 aliphatic carbocycles. The normalized spacial score (nSPS) is 17.7. The molecule has 0 fully saturated rings. The van der Waals surface area contributed by atoms with Crippen LogP contribution in [0.1, 0.15) is 52.5 Å². The second-order valence-electron chi connectivity index (χ2n) is 12.8. The summed E-state index contributed by atoms with van der Waals surface area (Å²) in [4.78, 5) is 0. The molecule has 0 bridgehead atoms. The van der Waals surface area contributed by atoms with Gasteiger partial charge in [0.25, 0.3) is 8.32 Å². The van der Waals surface area contributed by atoms with Crippen molar-refractivity contribution in [2.75, 3.05) is 26.1 Å². The number of halogens is 1. The summed E-state index contributed by atoms with van der Waals surface area (Å²) >= 11 is 2.06. The summed E-state index contributed by atoms with van der Waals surface area (Å²) in [6.07, 6.45) is 2.46. The molecule has 7 nitrogen and oxygen atoms in total. The van der Waals surface area contributed by atoms with E-state index >= 15 is 0 Å². The predicted octanol–water partition coefficient (Wildman–Crippen LogP) is 5.60. The zero-order valence-corrected chi connectivity index (χ0v) is 31.1. The number of phenolic OH excluding ortho intramolecular Hbond substituents is 1. The zero-order chi connectivity index (χ0) is 33.7. The van der Waals surface area contributed by atoms with E-state index < -0.39 is 36.1 Å². The van der Waals surface area contributed by atoms with Gasteiger partial charge >= 0.3 is 0 Å². The largest absolute Gasteiger partial charge is 0.504 e. The van der Waals surface area contributed by atoms with Crippen molar-refractivity contribution in [3.63, 3.8) is 0 Å². The SMILES string of the molecule is CC/C(=C\c1cc(I)c(O)c(OC)c1)CC[C@@H](O)C1=C(CO[Si](c2ccccc2)(c2ccccc2)C(C)(C)C)CS(=O)(=O)[C@H]1CO. The molecule has 0 saturated carbocycles. The fraction of sp³-hybridized carbons (Fsp3) is 0.389. The maximum Gasteiger partial charge on any atom is 0.261 e. The number of sulfone groups is 1. The van der Waals surface area contributed by atoms with Crippen LogP contribution in [0.25, 0.3) is 6.08 Å². The molecular weight excluding hydrogens is 731 g/mol. The van der Waals surface area contributed by atoms with Crippen LogP contribution in [0.2, 0.25) is 5.04 Å². The second-order valence-corrected chi connectivity index (χ2v) is 20.4. The minimum Gasteiger partial charge on any atom is -0.504 e. The smallest absolute Gasteiger partial charge is 0.261 e. The third-order valence-corrected chi connectivity index (χ3v) is 16.6. The van der Waals surface area contributed by atoms with Crippen LogP contribution in [0.3, 0.4) is 0 Å². The van der Waals surface area contributed by atoms with Crippen molar-refractivity contribution in [2.24, 2.45) is 0 Å². The maximum atomic E-state index is 13.3. The van der Waals surface area contributed by atoms with E-state index in [0.717, 1.165) is 27.9 Å². The van der Waals surface area contributed by atoms with Crippen LogP contribution in [0.4, 0.5) is 0 Å². The number of methoxy groups -OCH3 is 1. The Morgan fingerprint density at radius 2 is 1.65 bits per heavy atom. The molecule has 46 heavy (non-hydrogen) atoms. The van der Waals surface area contributed by atoms with Gasteiger partial charge in [-0.05, 0) is 86.1 Å². The molecule has 0 aromatic heterocycles. The molecule has 0 saturated heterocycles. The third-order valence-electron chi connectivity index (χ3n) is 8.80. The minimum atomic E-state index is -3.72. The molecular formula is C36H45IO7SSi. The maximum absolute atomic E-state index is 13.3. The van der Waals surface area contributed by atoms with Crippen molar-refractivity contribution in [2.45, 2.75) is 63.3 Å². The van der Waals surface area contributed by atoms with Gasteiger partial charge in [-0.2, -0.15) is 0 Å². The van der Waals surface area contributed by atoms with Crippen LogP contribution in [-0.4, -0.2) is 69.5 Å². The van der Waals surface area contributed by atoms with E-state index in [1.165, 1.54) is 7.11 Å². The first kappa shape index (κ1) is 36.4. The summed E-state index contributed by atoms with van der Waals surface area (Å²) in [6, 6.07) is 23.9. The van der Waals surface area contributed by atoms with Gasteiger partial charge in [0.15, 0.2) is 21.3 Å². The van der Waals surface area contributed by atoms with Gasteiger partial charge in [0.05, 0.1) is 35.8 Å². The lowest BCUT2D eigenvalue weighted by Gasteiger charge is -2.43. The molecule has 1 heterocycles. The molecule has 2 atom stereocenters. The number of aliphatic hydroxyl groups is 2. The lowest BCUT2D eigenvalue weighted by molar-refractivity contribution is 0.186. The molecule has 248 valence electrons. The predicted molar refractivity (Wildman–Crippen MR) is 196 cm³/mol. The lowest BCUT2D eigenvalue weighted by Crippen LogP contribution is -2.66. The Morgan fingerprint density at radius 3 is 2.15 bits per heavy atom. The number of benzene rings is 3. The van der Waals surface area contributed by atoms with Crippen molar-refractivity contribution < 1.29 is 32.9 Å². The average molecular weight is 777 g/mol. The summed E-state index contributed by atoms with van der Waals surface area (Å²) in [5, 5.41) is 32.8. The van der Waals surface area contributed by atoms with E-state index in [0.29, 0.717) is 26.9 Å². The quantitative estimate of drug-likeness (QED) is 0.118. The molecule has 0 radical (unpaired) electrons. The van der Waals surface area contributed by atoms with Gasteiger partial charge in [0, 0.05) is 0 Å². The van der Waals surface area contributed by atoms with Crippen LogP contribution < -0.4 is 15.1 Å². The molecule has 3 aromatic rings. The highest BCUT2D eigenvalue weighted by Gasteiger charge is 2.51. The van der Waals surface area contributed by atoms with Crippen LogP contribution in [-0.2, 0) is 14.3 Å². The summed E-state index contributed by atoms with van der Waals surface area (Å²) in [6.45, 7) is 7.95. The zero-order valence-electron chi connectivity index (χ0n) is 27.2. The molecule has 10 heteroatoms. The Bertz CT molecular complexity index is 1630. The van der Waals surface area contributed by atoms with Crippen LogP contribution in [0, 0.1) is 3.57 Å². The van der Waals surface area contributed by atoms with E-state index in [4.69, 9.17) is 9.16 Å². The van der Waals surface area contributed by atoms with Gasteiger partial charge in [-0.25, -0.2) is 8.42 Å². The molecule has 1 aliphatic heterocycles. The molecule has 3 aromatic carbocycles. The molecule has 0 amide bonds. The first-order chi connectivity index (χ1) is 21.8. The van der Waals surface area contributed by atoms with Crippen molar-refractivity contribution in [3.05, 3.63) is 98.6 Å². The number of allylic oxidation sites excluding steroid dienone is 1. The van der Waals surface area contributed by atoms with Crippen LogP contribution >= 0.6 is 22.6 Å². The topological polar surface area (TPSA) is 113 Å². The Balaban J connectivity index is 1.69. The molecule has 4 rings (SSSR count). The Labute approximate surface area is 288 Å². The van der Waals surface area contributed by atoms with E-state index in [1.54, 1.807) is 6.07 Å². The first-order valence-corrected chi connectivity index (χ1v) is 20.2. The van der Waals surface area contributed by atoms with Crippen molar-refractivity contribution in [1.82, 2.24) is 0 Å². The monoisotopic (exact) mass is 776 g/mol. The molecule has 0 spiro atoms. The van der Waals surface area contributed by atoms with Crippen LogP contribution in [0.5, 0.6) is 11.5 Å². The lowest BCUT2D eigenvalue weighted by atomic mass is 9.94. The molecule has 3 N–H and O–H groups in total. The van der Waals surface area contributed by atoms with Gasteiger partial charge in [-0.3, -0.25) is 0 Å². The standard InChI is InChI=1S/C36H45IO7SSi/c1-6-25(19-26-20-30(37)35(40)32(21-26)43-5)17-18-31(39)34-27(24-45(41,42)33(34)22-38)23-44-46(36(2,3)4,28-13-9-7-10-14-28)29-15-11-8-12-16-29/h7-16,19-21,31,33,38-40H,6,17-18,22-24H2,1-5H3/b25-19+/t31-,33+/m1/s1. The number of rotatable bonds is 13. The van der Waals surface area contributed by atoms with Crippen molar-refractivity contribution in [1.29, 1.82) is 0 Å². The number of aliphatic hydroxyl groups excluding tert-OH is 2. The Hall–Kier alpha value is -2.48. The van der Waals surface area contributed by atoms with Gasteiger partial charge in [0.2, 0.25) is 0 Å². The number of ether oxygens (including phenoxy) is 1. The fourth-order valence-corrected chi connectivity index (χ4v) is 13.5. The van der Waals surface area contributed by atoms with E-state index in [1.807, 2.05) is 55.5 Å². The van der Waals surface area contributed by atoms with Gasteiger partial charge < -0.3 is 24.5 Å². The highest BCUT2D eigenvalue weighted by atomic mass is 127. The van der Waals surface area contributed by atoms with Crippen molar-refractivity contribution in [3.8, 4) is 11.5 Å².